The molecule has 0 bridgehead atoms. The molecule has 1 aromatic carbocycles. The number of benzene rings is 1. The Bertz CT molecular complexity index is 632. The third kappa shape index (κ3) is 2.91. The van der Waals surface area contributed by atoms with Crippen molar-refractivity contribution in [3.63, 3.8) is 0 Å². The maximum Gasteiger partial charge on any atom is 0.349 e. The number of para-hydroxylation sites is 1. The van der Waals surface area contributed by atoms with E-state index in [1.54, 1.807) is 24.3 Å². The van der Waals surface area contributed by atoms with E-state index in [1.807, 2.05) is 0 Å². The van der Waals surface area contributed by atoms with Crippen LogP contribution < -0.4 is 0 Å². The summed E-state index contributed by atoms with van der Waals surface area (Å²) in [4.78, 5) is 21.5. The summed E-state index contributed by atoms with van der Waals surface area (Å²) >= 11 is 0. The Labute approximate surface area is 97.2 Å². The second kappa shape index (κ2) is 4.30. The third-order valence-electron chi connectivity index (χ3n) is 2.16. The molecule has 5 nitrogen and oxygen atoms in total. The molecule has 2 rings (SSSR count). The minimum Gasteiger partial charge on any atom is -0.506 e. The van der Waals surface area contributed by atoms with Gasteiger partial charge in [-0.1, -0.05) is 18.2 Å². The van der Waals surface area contributed by atoms with Gasteiger partial charge in [-0.2, -0.15) is 0 Å². The van der Waals surface area contributed by atoms with Crippen molar-refractivity contribution in [2.24, 2.45) is 0 Å². The van der Waals surface area contributed by atoms with E-state index >= 15 is 0 Å². The first-order valence-corrected chi connectivity index (χ1v) is 6.47. The molecule has 0 aliphatic heterocycles. The molecule has 88 valence electrons. The molecule has 1 heterocycles. The number of aromatic hydroxyl groups is 1. The van der Waals surface area contributed by atoms with E-state index in [1.165, 1.54) is 12.1 Å². The van der Waals surface area contributed by atoms with Crippen LogP contribution in [0.3, 0.4) is 0 Å². The van der Waals surface area contributed by atoms with Crippen LogP contribution in [0.5, 0.6) is 5.75 Å². The van der Waals surface area contributed by atoms with E-state index in [-0.39, 0.29) is 5.75 Å². The van der Waals surface area contributed by atoms with Crippen molar-refractivity contribution in [2.75, 3.05) is 0 Å². The minimum atomic E-state index is -4.19. The first-order valence-electron chi connectivity index (χ1n) is 4.79. The van der Waals surface area contributed by atoms with Gasteiger partial charge in [0.25, 0.3) is 0 Å². The lowest BCUT2D eigenvalue weighted by molar-refractivity contribution is 0.386. The van der Waals surface area contributed by atoms with Gasteiger partial charge in [-0.3, -0.25) is 4.57 Å². The van der Waals surface area contributed by atoms with E-state index in [4.69, 9.17) is 9.79 Å². The Morgan fingerprint density at radius 2 is 1.94 bits per heavy atom. The fourth-order valence-corrected chi connectivity index (χ4v) is 1.76. The Morgan fingerprint density at radius 1 is 1.18 bits per heavy atom. The summed E-state index contributed by atoms with van der Waals surface area (Å²) in [7, 11) is -4.19. The third-order valence-corrected chi connectivity index (χ3v) is 2.70. The number of nitrogens with zero attached hydrogens (tertiary/aromatic N) is 1. The van der Waals surface area contributed by atoms with Crippen LogP contribution in [0.2, 0.25) is 0 Å². The fraction of sp³-hybridized carbons (Fsp3) is 0. The molecule has 0 spiro atoms. The first-order chi connectivity index (χ1) is 7.96. The number of pyridine rings is 1. The van der Waals surface area contributed by atoms with Crippen LogP contribution in [0.4, 0.5) is 0 Å². The molecule has 6 heteroatoms. The predicted octanol–water partition coefficient (Wildman–Crippen LogP) is 2.09. The van der Waals surface area contributed by atoms with Crippen molar-refractivity contribution in [2.45, 2.75) is 0 Å². The number of hydrogen-bond donors (Lipinski definition) is 3. The van der Waals surface area contributed by atoms with E-state index in [0.29, 0.717) is 11.2 Å². The topological polar surface area (TPSA) is 90.7 Å². The Morgan fingerprint density at radius 3 is 2.65 bits per heavy atom. The maximum absolute atomic E-state index is 10.7. The zero-order valence-corrected chi connectivity index (χ0v) is 9.58. The van der Waals surface area contributed by atoms with Gasteiger partial charge in [-0.25, -0.2) is 4.98 Å². The number of fused-ring (bicyclic) bond motifs is 1. The number of phenolic OH excluding ortho intramolecular Hbond substituents is 1. The highest BCUT2D eigenvalue weighted by molar-refractivity contribution is 7.55. The van der Waals surface area contributed by atoms with Gasteiger partial charge in [0.1, 0.15) is 11.3 Å². The van der Waals surface area contributed by atoms with Gasteiger partial charge in [0.05, 0.1) is 5.69 Å². The van der Waals surface area contributed by atoms with Crippen LogP contribution in [0.1, 0.15) is 5.69 Å². The molecule has 3 N–H and O–H groups in total. The summed E-state index contributed by atoms with van der Waals surface area (Å²) in [6.07, 6.45) is 1.23. The van der Waals surface area contributed by atoms with Gasteiger partial charge < -0.3 is 14.9 Å². The number of aromatic nitrogens is 1. The van der Waals surface area contributed by atoms with Crippen molar-refractivity contribution < 1.29 is 19.5 Å². The number of hydrogen-bond acceptors (Lipinski definition) is 3. The molecule has 0 saturated heterocycles. The molecule has 0 aliphatic rings. The summed E-state index contributed by atoms with van der Waals surface area (Å²) in [6, 6.07) is 8.34. The van der Waals surface area contributed by atoms with Gasteiger partial charge in [0, 0.05) is 11.2 Å². The van der Waals surface area contributed by atoms with Crippen LogP contribution in [0.25, 0.3) is 17.0 Å². The summed E-state index contributed by atoms with van der Waals surface area (Å²) in [6.45, 7) is 0. The van der Waals surface area contributed by atoms with Crippen LogP contribution in [-0.2, 0) is 4.57 Å². The highest BCUT2D eigenvalue weighted by Crippen LogP contribution is 2.36. The fourth-order valence-electron chi connectivity index (χ4n) is 1.41. The lowest BCUT2D eigenvalue weighted by Gasteiger charge is -2.01. The zero-order valence-electron chi connectivity index (χ0n) is 8.69. The zero-order chi connectivity index (χ0) is 12.5. The summed E-state index contributed by atoms with van der Waals surface area (Å²) in [5.74, 6) is 0.815. The molecule has 0 radical (unpaired) electrons. The van der Waals surface area contributed by atoms with Gasteiger partial charge in [-0.05, 0) is 18.2 Å². The molecular weight excluding hydrogens is 241 g/mol. The van der Waals surface area contributed by atoms with Crippen molar-refractivity contribution in [3.05, 3.63) is 41.8 Å². The van der Waals surface area contributed by atoms with Crippen molar-refractivity contribution in [3.8, 4) is 5.75 Å². The number of phenols is 1. The van der Waals surface area contributed by atoms with Crippen LogP contribution in [0.15, 0.2) is 36.1 Å². The molecular formula is C11H10NO4P. The van der Waals surface area contributed by atoms with Crippen LogP contribution in [0, 0.1) is 0 Å². The largest absolute Gasteiger partial charge is 0.506 e. The van der Waals surface area contributed by atoms with E-state index in [0.717, 1.165) is 11.2 Å². The molecule has 1 aromatic heterocycles. The Balaban J connectivity index is 2.48. The lowest BCUT2D eigenvalue weighted by atomic mass is 10.2. The normalized spacial score (nSPS) is 12.4. The average Bonchev–Trinajstić information content (AvgIpc) is 2.26. The van der Waals surface area contributed by atoms with E-state index in [2.05, 4.69) is 4.98 Å². The standard InChI is InChI=1S/C11H10NO4P/c13-10-3-1-2-8-4-5-9(12-11(8)10)6-7-17(14,15)16/h1-7,13H,(H2,14,15,16)/b7-6+. The van der Waals surface area contributed by atoms with E-state index < -0.39 is 7.60 Å². The monoisotopic (exact) mass is 251 g/mol. The maximum atomic E-state index is 10.7. The summed E-state index contributed by atoms with van der Waals surface area (Å²) in [5, 5.41) is 10.3. The predicted molar refractivity (Wildman–Crippen MR) is 64.5 cm³/mol. The highest BCUT2D eigenvalue weighted by Gasteiger charge is 2.06. The van der Waals surface area contributed by atoms with Gasteiger partial charge >= 0.3 is 7.60 Å². The molecule has 0 saturated carbocycles. The molecule has 0 atom stereocenters. The second-order valence-electron chi connectivity index (χ2n) is 3.49. The molecule has 17 heavy (non-hydrogen) atoms. The Hall–Kier alpha value is -1.68. The molecule has 0 unspecified atom stereocenters. The van der Waals surface area contributed by atoms with Crippen molar-refractivity contribution in [1.29, 1.82) is 0 Å². The van der Waals surface area contributed by atoms with Gasteiger partial charge in [0.15, 0.2) is 0 Å². The van der Waals surface area contributed by atoms with Crippen LogP contribution >= 0.6 is 7.60 Å². The number of rotatable bonds is 2. The van der Waals surface area contributed by atoms with Gasteiger partial charge in [0.2, 0.25) is 0 Å². The smallest absolute Gasteiger partial charge is 0.349 e. The minimum absolute atomic E-state index is 0.0360. The van der Waals surface area contributed by atoms with E-state index in [9.17, 15) is 9.67 Å². The molecule has 0 amide bonds. The first kappa shape index (κ1) is 11.8. The lowest BCUT2D eigenvalue weighted by Crippen LogP contribution is -1.83. The summed E-state index contributed by atoms with van der Waals surface area (Å²) < 4.78 is 10.7. The van der Waals surface area contributed by atoms with Crippen molar-refractivity contribution in [1.82, 2.24) is 4.98 Å². The van der Waals surface area contributed by atoms with Crippen molar-refractivity contribution >= 4 is 24.6 Å². The van der Waals surface area contributed by atoms with Crippen LogP contribution in [-0.4, -0.2) is 19.9 Å². The average molecular weight is 251 g/mol. The second-order valence-corrected chi connectivity index (χ2v) is 4.97. The SMILES string of the molecule is O=P(O)(O)/C=C/c1ccc2cccc(O)c2n1. The quantitative estimate of drug-likeness (QED) is 0.711. The highest BCUT2D eigenvalue weighted by atomic mass is 31.2. The Kier molecular flexibility index (Phi) is 2.98. The molecule has 0 fully saturated rings. The van der Waals surface area contributed by atoms with Gasteiger partial charge in [-0.15, -0.1) is 0 Å². The molecule has 0 aliphatic carbocycles. The summed E-state index contributed by atoms with van der Waals surface area (Å²) in [5.41, 5.74) is 0.780. The molecule has 2 aromatic rings.